The van der Waals surface area contributed by atoms with E-state index in [9.17, 15) is 4.79 Å². The van der Waals surface area contributed by atoms with Gasteiger partial charge < -0.3 is 10.1 Å². The van der Waals surface area contributed by atoms with E-state index in [4.69, 9.17) is 16.3 Å². The van der Waals surface area contributed by atoms with E-state index in [1.165, 1.54) is 11.8 Å². The zero-order valence-corrected chi connectivity index (χ0v) is 11.5. The van der Waals surface area contributed by atoms with Gasteiger partial charge in [0.25, 0.3) is 0 Å². The van der Waals surface area contributed by atoms with Crippen LogP contribution in [0.15, 0.2) is 18.2 Å². The third-order valence-corrected chi connectivity index (χ3v) is 2.80. The summed E-state index contributed by atoms with van der Waals surface area (Å²) in [4.78, 5) is 11.4. The quantitative estimate of drug-likeness (QED) is 0.863. The summed E-state index contributed by atoms with van der Waals surface area (Å²) in [5.41, 5.74) is 0.692. The van der Waals surface area contributed by atoms with Crippen LogP contribution in [0.25, 0.3) is 0 Å². The highest BCUT2D eigenvalue weighted by Gasteiger charge is 2.05. The summed E-state index contributed by atoms with van der Waals surface area (Å²) >= 11 is 7.52. The molecule has 0 fully saturated rings. The van der Waals surface area contributed by atoms with Crippen molar-refractivity contribution in [3.8, 4) is 5.75 Å². The highest BCUT2D eigenvalue weighted by Crippen LogP contribution is 2.27. The number of benzene rings is 1. The standard InChI is InChI=1S/C12H16ClNO2S/c1-3-6-16-11-5-4-9(7-10(11)13)14-12(15)8-17-2/h4-5,7H,3,6,8H2,1-2H3,(H,14,15). The number of anilines is 1. The molecule has 1 aromatic carbocycles. The largest absolute Gasteiger partial charge is 0.492 e. The van der Waals surface area contributed by atoms with Gasteiger partial charge in [-0.05, 0) is 30.9 Å². The first kappa shape index (κ1) is 14.2. The first-order valence-electron chi connectivity index (χ1n) is 5.38. The predicted octanol–water partition coefficient (Wildman–Crippen LogP) is 3.43. The minimum atomic E-state index is -0.0317. The monoisotopic (exact) mass is 273 g/mol. The molecule has 0 spiro atoms. The summed E-state index contributed by atoms with van der Waals surface area (Å²) in [6.07, 6.45) is 2.82. The van der Waals surface area contributed by atoms with Crippen molar-refractivity contribution in [3.63, 3.8) is 0 Å². The third kappa shape index (κ3) is 4.88. The maximum Gasteiger partial charge on any atom is 0.234 e. The Bertz CT molecular complexity index is 385. The predicted molar refractivity (Wildman–Crippen MR) is 74.2 cm³/mol. The second-order valence-electron chi connectivity index (χ2n) is 3.47. The van der Waals surface area contributed by atoms with E-state index < -0.39 is 0 Å². The maximum atomic E-state index is 11.4. The molecule has 0 unspecified atom stereocenters. The lowest BCUT2D eigenvalue weighted by atomic mass is 10.3. The summed E-state index contributed by atoms with van der Waals surface area (Å²) in [5.74, 6) is 1.05. The molecule has 0 aliphatic rings. The molecule has 0 saturated heterocycles. The van der Waals surface area contributed by atoms with Crippen molar-refractivity contribution in [3.05, 3.63) is 23.2 Å². The van der Waals surface area contributed by atoms with Gasteiger partial charge in [0.1, 0.15) is 5.75 Å². The van der Waals surface area contributed by atoms with Crippen LogP contribution in [-0.2, 0) is 4.79 Å². The minimum Gasteiger partial charge on any atom is -0.492 e. The number of thioether (sulfide) groups is 1. The molecule has 1 N–H and O–H groups in total. The minimum absolute atomic E-state index is 0.0317. The summed E-state index contributed by atoms with van der Waals surface area (Å²) in [6.45, 7) is 2.67. The Morgan fingerprint density at radius 2 is 2.29 bits per heavy atom. The van der Waals surface area contributed by atoms with Gasteiger partial charge in [-0.3, -0.25) is 4.79 Å². The Hall–Kier alpha value is -0.870. The number of amides is 1. The molecule has 5 heteroatoms. The van der Waals surface area contributed by atoms with Crippen molar-refractivity contribution in [1.29, 1.82) is 0 Å². The molecule has 0 radical (unpaired) electrons. The van der Waals surface area contributed by atoms with Crippen molar-refractivity contribution >= 4 is 35.0 Å². The smallest absolute Gasteiger partial charge is 0.234 e. The summed E-state index contributed by atoms with van der Waals surface area (Å²) < 4.78 is 5.44. The van der Waals surface area contributed by atoms with E-state index in [1.54, 1.807) is 18.2 Å². The molecule has 0 atom stereocenters. The Balaban J connectivity index is 2.64. The van der Waals surface area contributed by atoms with E-state index in [0.29, 0.717) is 28.8 Å². The number of nitrogens with one attached hydrogen (secondary N) is 1. The fourth-order valence-electron chi connectivity index (χ4n) is 1.24. The zero-order valence-electron chi connectivity index (χ0n) is 9.96. The SMILES string of the molecule is CCCOc1ccc(NC(=O)CSC)cc1Cl. The van der Waals surface area contributed by atoms with E-state index in [1.807, 2.05) is 13.2 Å². The number of carbonyl (C=O) groups excluding carboxylic acids is 1. The van der Waals surface area contributed by atoms with Crippen LogP contribution in [0, 0.1) is 0 Å². The van der Waals surface area contributed by atoms with Crippen molar-refractivity contribution < 1.29 is 9.53 Å². The summed E-state index contributed by atoms with van der Waals surface area (Å²) in [5, 5.41) is 3.28. The van der Waals surface area contributed by atoms with Crippen LogP contribution < -0.4 is 10.1 Å². The molecule has 0 heterocycles. The molecule has 3 nitrogen and oxygen atoms in total. The third-order valence-electron chi connectivity index (χ3n) is 1.95. The maximum absolute atomic E-state index is 11.4. The van der Waals surface area contributed by atoms with Crippen LogP contribution in [0.1, 0.15) is 13.3 Å². The van der Waals surface area contributed by atoms with Crippen molar-refractivity contribution in [2.24, 2.45) is 0 Å². The van der Waals surface area contributed by atoms with Gasteiger partial charge in [-0.1, -0.05) is 18.5 Å². The van der Waals surface area contributed by atoms with E-state index in [0.717, 1.165) is 6.42 Å². The number of hydrogen-bond donors (Lipinski definition) is 1. The molecule has 1 amide bonds. The molecule has 17 heavy (non-hydrogen) atoms. The summed E-state index contributed by atoms with van der Waals surface area (Å²) in [7, 11) is 0. The second-order valence-corrected chi connectivity index (χ2v) is 4.75. The van der Waals surface area contributed by atoms with Gasteiger partial charge in [-0.15, -0.1) is 0 Å². The van der Waals surface area contributed by atoms with Gasteiger partial charge >= 0.3 is 0 Å². The van der Waals surface area contributed by atoms with Crippen LogP contribution in [0.5, 0.6) is 5.75 Å². The van der Waals surface area contributed by atoms with Gasteiger partial charge in [-0.25, -0.2) is 0 Å². The van der Waals surface area contributed by atoms with E-state index in [2.05, 4.69) is 5.32 Å². The van der Waals surface area contributed by atoms with Gasteiger partial charge in [-0.2, -0.15) is 11.8 Å². The molecule has 0 aromatic heterocycles. The normalized spacial score (nSPS) is 10.1. The molecule has 0 saturated carbocycles. The lowest BCUT2D eigenvalue weighted by Crippen LogP contribution is -2.13. The van der Waals surface area contributed by atoms with Crippen LogP contribution in [0.3, 0.4) is 0 Å². The van der Waals surface area contributed by atoms with Gasteiger partial charge in [0.15, 0.2) is 0 Å². The Kier molecular flexibility index (Phi) is 6.22. The van der Waals surface area contributed by atoms with Gasteiger partial charge in [0.2, 0.25) is 5.91 Å². The average Bonchev–Trinajstić information content (AvgIpc) is 2.28. The Labute approximate surface area is 111 Å². The van der Waals surface area contributed by atoms with E-state index in [-0.39, 0.29) is 5.91 Å². The molecule has 0 bridgehead atoms. The molecular weight excluding hydrogens is 258 g/mol. The first-order chi connectivity index (χ1) is 8.17. The fraction of sp³-hybridized carbons (Fsp3) is 0.417. The number of rotatable bonds is 6. The Morgan fingerprint density at radius 3 is 2.88 bits per heavy atom. The molecule has 0 aliphatic carbocycles. The topological polar surface area (TPSA) is 38.3 Å². The van der Waals surface area contributed by atoms with Crippen molar-refractivity contribution in [2.75, 3.05) is 23.9 Å². The first-order valence-corrected chi connectivity index (χ1v) is 7.15. The fourth-order valence-corrected chi connectivity index (χ4v) is 1.81. The molecule has 0 aliphatic heterocycles. The van der Waals surface area contributed by atoms with Crippen LogP contribution in [0.2, 0.25) is 5.02 Å². The molecular formula is C12H16ClNO2S. The molecule has 1 rings (SSSR count). The van der Waals surface area contributed by atoms with Crippen LogP contribution in [0.4, 0.5) is 5.69 Å². The lowest BCUT2D eigenvalue weighted by Gasteiger charge is -2.09. The van der Waals surface area contributed by atoms with Crippen LogP contribution in [-0.4, -0.2) is 24.5 Å². The number of ether oxygens (including phenoxy) is 1. The Morgan fingerprint density at radius 1 is 1.53 bits per heavy atom. The van der Waals surface area contributed by atoms with E-state index >= 15 is 0 Å². The van der Waals surface area contributed by atoms with Crippen molar-refractivity contribution in [2.45, 2.75) is 13.3 Å². The number of carbonyl (C=O) groups is 1. The number of halogens is 1. The summed E-state index contributed by atoms with van der Waals surface area (Å²) in [6, 6.07) is 5.26. The highest BCUT2D eigenvalue weighted by atomic mass is 35.5. The lowest BCUT2D eigenvalue weighted by molar-refractivity contribution is -0.113. The zero-order chi connectivity index (χ0) is 12.7. The van der Waals surface area contributed by atoms with Crippen molar-refractivity contribution in [1.82, 2.24) is 0 Å². The molecule has 94 valence electrons. The second kappa shape index (κ2) is 7.45. The molecule has 1 aromatic rings. The number of hydrogen-bond acceptors (Lipinski definition) is 3. The van der Waals surface area contributed by atoms with Crippen LogP contribution >= 0.6 is 23.4 Å². The highest BCUT2D eigenvalue weighted by molar-refractivity contribution is 7.99. The van der Waals surface area contributed by atoms with Gasteiger partial charge in [0, 0.05) is 5.69 Å². The van der Waals surface area contributed by atoms with Gasteiger partial charge in [0.05, 0.1) is 17.4 Å². The average molecular weight is 274 g/mol.